The maximum atomic E-state index is 12.7. The number of amides is 1. The van der Waals surface area contributed by atoms with Crippen LogP contribution in [0, 0.1) is 11.7 Å². The second-order valence-corrected chi connectivity index (χ2v) is 4.30. The van der Waals surface area contributed by atoms with Crippen molar-refractivity contribution in [3.05, 3.63) is 35.6 Å². The molecular weight excluding hydrogens is 221 g/mol. The lowest BCUT2D eigenvalue weighted by Gasteiger charge is -2.12. The van der Waals surface area contributed by atoms with Crippen molar-refractivity contribution in [1.29, 1.82) is 0 Å². The fraction of sp³-hybridized carbons (Fsp3) is 0.462. The fourth-order valence-corrected chi connectivity index (χ4v) is 1.39. The Morgan fingerprint density at radius 3 is 2.47 bits per heavy atom. The average molecular weight is 239 g/mol. The van der Waals surface area contributed by atoms with Gasteiger partial charge < -0.3 is 10.4 Å². The van der Waals surface area contributed by atoms with Gasteiger partial charge in [0, 0.05) is 12.5 Å². The van der Waals surface area contributed by atoms with Crippen LogP contribution in [0.2, 0.25) is 0 Å². The Morgan fingerprint density at radius 2 is 1.94 bits per heavy atom. The van der Waals surface area contributed by atoms with E-state index in [0.717, 1.165) is 0 Å². The Morgan fingerprint density at radius 1 is 1.35 bits per heavy atom. The first-order chi connectivity index (χ1) is 8.00. The van der Waals surface area contributed by atoms with Gasteiger partial charge in [-0.2, -0.15) is 0 Å². The summed E-state index contributed by atoms with van der Waals surface area (Å²) in [5.41, 5.74) is 0.658. The van der Waals surface area contributed by atoms with Crippen molar-refractivity contribution in [2.24, 2.45) is 5.92 Å². The van der Waals surface area contributed by atoms with Crippen LogP contribution in [0.4, 0.5) is 4.39 Å². The van der Waals surface area contributed by atoms with E-state index < -0.39 is 6.10 Å². The van der Waals surface area contributed by atoms with Crippen LogP contribution in [0.1, 0.15) is 31.9 Å². The normalized spacial score (nSPS) is 12.5. The van der Waals surface area contributed by atoms with Crippen molar-refractivity contribution < 1.29 is 14.3 Å². The van der Waals surface area contributed by atoms with Crippen molar-refractivity contribution in [1.82, 2.24) is 5.32 Å². The zero-order chi connectivity index (χ0) is 12.8. The van der Waals surface area contributed by atoms with Crippen LogP contribution in [-0.4, -0.2) is 17.6 Å². The van der Waals surface area contributed by atoms with Crippen molar-refractivity contribution in [3.8, 4) is 0 Å². The van der Waals surface area contributed by atoms with Gasteiger partial charge in [0.15, 0.2) is 0 Å². The van der Waals surface area contributed by atoms with Gasteiger partial charge >= 0.3 is 0 Å². The molecule has 1 amide bonds. The lowest BCUT2D eigenvalue weighted by atomic mass is 10.1. The summed E-state index contributed by atoms with van der Waals surface area (Å²) in [7, 11) is 0. The standard InChI is InChI=1S/C13H18FNO2/c1-9(2)13(17)15-8-7-12(16)10-3-5-11(14)6-4-10/h3-6,9,12,16H,7-8H2,1-2H3,(H,15,17). The Kier molecular flexibility index (Phi) is 5.10. The quantitative estimate of drug-likeness (QED) is 0.826. The van der Waals surface area contributed by atoms with Gasteiger partial charge in [0.25, 0.3) is 0 Å². The second-order valence-electron chi connectivity index (χ2n) is 4.30. The average Bonchev–Trinajstić information content (AvgIpc) is 2.29. The third-order valence-electron chi connectivity index (χ3n) is 2.50. The van der Waals surface area contributed by atoms with Crippen molar-refractivity contribution >= 4 is 5.91 Å². The third-order valence-corrected chi connectivity index (χ3v) is 2.50. The summed E-state index contributed by atoms with van der Waals surface area (Å²) in [4.78, 5) is 11.3. The number of aliphatic hydroxyl groups excluding tert-OH is 1. The number of carbonyl (C=O) groups excluding carboxylic acids is 1. The SMILES string of the molecule is CC(C)C(=O)NCCC(O)c1ccc(F)cc1. The Balaban J connectivity index is 2.37. The first-order valence-electron chi connectivity index (χ1n) is 5.72. The Hall–Kier alpha value is -1.42. The molecule has 0 aliphatic rings. The van der Waals surface area contributed by atoms with Gasteiger partial charge in [0.05, 0.1) is 6.10 Å². The van der Waals surface area contributed by atoms with E-state index in [0.29, 0.717) is 18.5 Å². The zero-order valence-corrected chi connectivity index (χ0v) is 10.1. The summed E-state index contributed by atoms with van der Waals surface area (Å²) in [6.45, 7) is 4.03. The van der Waals surface area contributed by atoms with E-state index in [1.165, 1.54) is 12.1 Å². The van der Waals surface area contributed by atoms with Crippen LogP contribution >= 0.6 is 0 Å². The molecule has 2 N–H and O–H groups in total. The number of hydrogen-bond donors (Lipinski definition) is 2. The first kappa shape index (κ1) is 13.6. The number of nitrogens with one attached hydrogen (secondary N) is 1. The van der Waals surface area contributed by atoms with Gasteiger partial charge in [-0.3, -0.25) is 4.79 Å². The minimum atomic E-state index is -0.678. The van der Waals surface area contributed by atoms with E-state index in [-0.39, 0.29) is 17.6 Å². The molecule has 17 heavy (non-hydrogen) atoms. The minimum absolute atomic E-state index is 0.0312. The third kappa shape index (κ3) is 4.53. The molecular formula is C13H18FNO2. The molecule has 0 aliphatic heterocycles. The van der Waals surface area contributed by atoms with Gasteiger partial charge in [-0.25, -0.2) is 4.39 Å². The van der Waals surface area contributed by atoms with Crippen LogP contribution in [0.15, 0.2) is 24.3 Å². The lowest BCUT2D eigenvalue weighted by Crippen LogP contribution is -2.29. The summed E-state index contributed by atoms with van der Waals surface area (Å²) in [5, 5.41) is 12.5. The second kappa shape index (κ2) is 6.35. The summed E-state index contributed by atoms with van der Waals surface area (Å²) < 4.78 is 12.7. The van der Waals surface area contributed by atoms with E-state index >= 15 is 0 Å². The first-order valence-corrected chi connectivity index (χ1v) is 5.72. The van der Waals surface area contributed by atoms with E-state index in [2.05, 4.69) is 5.32 Å². The molecule has 1 unspecified atom stereocenters. The highest BCUT2D eigenvalue weighted by Gasteiger charge is 2.09. The zero-order valence-electron chi connectivity index (χ0n) is 10.1. The van der Waals surface area contributed by atoms with Crippen LogP contribution in [0.3, 0.4) is 0 Å². The number of rotatable bonds is 5. The van der Waals surface area contributed by atoms with Gasteiger partial charge in [-0.05, 0) is 24.1 Å². The van der Waals surface area contributed by atoms with Crippen LogP contribution < -0.4 is 5.32 Å². The molecule has 1 aromatic carbocycles. The summed E-state index contributed by atoms with van der Waals surface area (Å²) in [6, 6.07) is 5.71. The summed E-state index contributed by atoms with van der Waals surface area (Å²) >= 11 is 0. The van der Waals surface area contributed by atoms with Crippen molar-refractivity contribution in [2.45, 2.75) is 26.4 Å². The van der Waals surface area contributed by atoms with E-state index in [1.807, 2.05) is 13.8 Å². The molecule has 1 aromatic rings. The van der Waals surface area contributed by atoms with Crippen LogP contribution in [0.25, 0.3) is 0 Å². The molecule has 0 spiro atoms. The highest BCUT2D eigenvalue weighted by molar-refractivity contribution is 5.77. The molecule has 0 bridgehead atoms. The molecule has 0 saturated heterocycles. The topological polar surface area (TPSA) is 49.3 Å². The highest BCUT2D eigenvalue weighted by atomic mass is 19.1. The van der Waals surface area contributed by atoms with Gasteiger partial charge in [-0.15, -0.1) is 0 Å². The lowest BCUT2D eigenvalue weighted by molar-refractivity contribution is -0.124. The molecule has 0 fully saturated rings. The number of halogens is 1. The molecule has 0 aromatic heterocycles. The number of carbonyl (C=O) groups is 1. The number of hydrogen-bond acceptors (Lipinski definition) is 2. The molecule has 0 radical (unpaired) electrons. The predicted octanol–water partition coefficient (Wildman–Crippen LogP) is 2.02. The van der Waals surface area contributed by atoms with E-state index in [4.69, 9.17) is 0 Å². The molecule has 1 atom stereocenters. The molecule has 0 heterocycles. The summed E-state index contributed by atoms with van der Waals surface area (Å²) in [5.74, 6) is -0.414. The predicted molar refractivity (Wildman–Crippen MR) is 63.8 cm³/mol. The van der Waals surface area contributed by atoms with Gasteiger partial charge in [0.1, 0.15) is 5.82 Å². The smallest absolute Gasteiger partial charge is 0.222 e. The number of aliphatic hydroxyl groups is 1. The molecule has 94 valence electrons. The highest BCUT2D eigenvalue weighted by Crippen LogP contribution is 2.16. The van der Waals surface area contributed by atoms with Crippen molar-refractivity contribution in [2.75, 3.05) is 6.54 Å². The van der Waals surface area contributed by atoms with Crippen LogP contribution in [0.5, 0.6) is 0 Å². The number of benzene rings is 1. The molecule has 3 nitrogen and oxygen atoms in total. The minimum Gasteiger partial charge on any atom is -0.388 e. The van der Waals surface area contributed by atoms with Crippen LogP contribution in [-0.2, 0) is 4.79 Å². The largest absolute Gasteiger partial charge is 0.388 e. The Bertz CT molecular complexity index is 362. The Labute approximate surface area is 101 Å². The molecule has 1 rings (SSSR count). The van der Waals surface area contributed by atoms with E-state index in [9.17, 15) is 14.3 Å². The molecule has 0 saturated carbocycles. The summed E-state index contributed by atoms with van der Waals surface area (Å²) in [6.07, 6.45) is -0.257. The van der Waals surface area contributed by atoms with Gasteiger partial charge in [-0.1, -0.05) is 26.0 Å². The molecule has 0 aliphatic carbocycles. The van der Waals surface area contributed by atoms with E-state index in [1.54, 1.807) is 12.1 Å². The fourth-order valence-electron chi connectivity index (χ4n) is 1.39. The van der Waals surface area contributed by atoms with Gasteiger partial charge in [0.2, 0.25) is 5.91 Å². The molecule has 4 heteroatoms. The van der Waals surface area contributed by atoms with Crippen molar-refractivity contribution in [3.63, 3.8) is 0 Å². The maximum Gasteiger partial charge on any atom is 0.222 e. The monoisotopic (exact) mass is 239 g/mol. The maximum absolute atomic E-state index is 12.7.